The number of amides is 1. The van der Waals surface area contributed by atoms with E-state index in [0.717, 1.165) is 5.56 Å². The summed E-state index contributed by atoms with van der Waals surface area (Å²) in [5.74, 6) is 0.511. The fourth-order valence-corrected chi connectivity index (χ4v) is 3.24. The SMILES string of the molecule is O=CC1=c2[nH]c(-c3ccc(C(=O)N4CCOCC4)cc3)nc2=CCC=C1O. The normalized spacial score (nSPS) is 16.8. The van der Waals surface area contributed by atoms with E-state index in [4.69, 9.17) is 4.74 Å². The molecule has 2 N–H and O–H groups in total. The van der Waals surface area contributed by atoms with Gasteiger partial charge in [0.25, 0.3) is 5.91 Å². The number of fused-ring (bicyclic) bond motifs is 1. The number of imidazole rings is 1. The number of carbonyl (C=O) groups is 2. The van der Waals surface area contributed by atoms with Gasteiger partial charge in [0.2, 0.25) is 0 Å². The van der Waals surface area contributed by atoms with E-state index in [1.807, 2.05) is 18.2 Å². The maximum Gasteiger partial charge on any atom is 0.254 e. The summed E-state index contributed by atoms with van der Waals surface area (Å²) in [5.41, 5.74) is 1.60. The molecule has 1 aliphatic heterocycles. The fraction of sp³-hybridized carbons (Fsp3) is 0.250. The number of H-pyrrole nitrogens is 1. The topological polar surface area (TPSA) is 95.5 Å². The number of aliphatic hydroxyl groups excluding tert-OH is 1. The first-order chi connectivity index (χ1) is 13.2. The number of allylic oxidation sites excluding steroid dienone is 2. The number of rotatable bonds is 3. The van der Waals surface area contributed by atoms with Crippen LogP contribution >= 0.6 is 0 Å². The summed E-state index contributed by atoms with van der Waals surface area (Å²) in [6, 6.07) is 7.18. The minimum atomic E-state index is -0.0540. The third kappa shape index (κ3) is 3.29. The van der Waals surface area contributed by atoms with E-state index in [0.29, 0.717) is 61.1 Å². The fourth-order valence-electron chi connectivity index (χ4n) is 3.24. The Kier molecular flexibility index (Phi) is 4.60. The van der Waals surface area contributed by atoms with E-state index in [-0.39, 0.29) is 17.2 Å². The van der Waals surface area contributed by atoms with E-state index in [9.17, 15) is 14.7 Å². The quantitative estimate of drug-likeness (QED) is 0.774. The maximum atomic E-state index is 12.5. The standard InChI is InChI=1S/C20H19N3O4/c24-12-15-17(25)3-1-2-16-18(15)22-19(21-16)13-4-6-14(7-5-13)20(26)23-8-10-27-11-9-23/h2-7,12,25H,1,8-11H2,(H,21,22). The van der Waals surface area contributed by atoms with Gasteiger partial charge in [-0.3, -0.25) is 9.59 Å². The molecule has 1 aliphatic carbocycles. The number of morpholine rings is 1. The Balaban J connectivity index is 1.66. The van der Waals surface area contributed by atoms with Crippen molar-refractivity contribution in [3.8, 4) is 11.4 Å². The molecular formula is C20H19N3O4. The van der Waals surface area contributed by atoms with Crippen molar-refractivity contribution in [1.82, 2.24) is 14.9 Å². The largest absolute Gasteiger partial charge is 0.507 e. The van der Waals surface area contributed by atoms with E-state index in [2.05, 4.69) is 9.97 Å². The number of aliphatic hydroxyl groups is 1. The summed E-state index contributed by atoms with van der Waals surface area (Å²) in [6.45, 7) is 2.33. The molecule has 2 heterocycles. The average Bonchev–Trinajstić information content (AvgIpc) is 3.06. The number of carbonyl (C=O) groups excluding carboxylic acids is 2. The Morgan fingerprint density at radius 3 is 2.63 bits per heavy atom. The van der Waals surface area contributed by atoms with Gasteiger partial charge in [0, 0.05) is 24.2 Å². The minimum absolute atomic E-state index is 0.0138. The van der Waals surface area contributed by atoms with Gasteiger partial charge in [0.15, 0.2) is 6.29 Å². The van der Waals surface area contributed by atoms with Crippen LogP contribution < -0.4 is 10.7 Å². The molecule has 1 fully saturated rings. The number of hydrogen-bond donors (Lipinski definition) is 2. The van der Waals surface area contributed by atoms with Gasteiger partial charge in [-0.05, 0) is 24.6 Å². The van der Waals surface area contributed by atoms with Crippen molar-refractivity contribution in [2.45, 2.75) is 6.42 Å². The van der Waals surface area contributed by atoms with Crippen molar-refractivity contribution in [2.75, 3.05) is 26.3 Å². The maximum absolute atomic E-state index is 12.5. The van der Waals surface area contributed by atoms with E-state index in [1.165, 1.54) is 0 Å². The van der Waals surface area contributed by atoms with Gasteiger partial charge in [-0.1, -0.05) is 18.2 Å². The number of aldehydes is 1. The number of ether oxygens (including phenoxy) is 1. The summed E-state index contributed by atoms with van der Waals surface area (Å²) in [4.78, 5) is 33.3. The molecule has 0 bridgehead atoms. The highest BCUT2D eigenvalue weighted by Crippen LogP contribution is 2.16. The van der Waals surface area contributed by atoms with Crippen molar-refractivity contribution >= 4 is 23.8 Å². The van der Waals surface area contributed by atoms with Crippen molar-refractivity contribution < 1.29 is 19.4 Å². The van der Waals surface area contributed by atoms with Crippen LogP contribution in [-0.4, -0.2) is 58.5 Å². The van der Waals surface area contributed by atoms with E-state index < -0.39 is 0 Å². The molecule has 1 amide bonds. The zero-order valence-electron chi connectivity index (χ0n) is 14.6. The van der Waals surface area contributed by atoms with Crippen LogP contribution in [0.1, 0.15) is 16.8 Å². The summed E-state index contributed by atoms with van der Waals surface area (Å²) in [7, 11) is 0. The lowest BCUT2D eigenvalue weighted by molar-refractivity contribution is -0.103. The molecule has 7 heteroatoms. The first kappa shape index (κ1) is 17.2. The first-order valence-corrected chi connectivity index (χ1v) is 8.80. The van der Waals surface area contributed by atoms with Gasteiger partial charge in [-0.2, -0.15) is 0 Å². The number of benzene rings is 1. The highest BCUT2D eigenvalue weighted by molar-refractivity contribution is 6.05. The third-order valence-corrected chi connectivity index (χ3v) is 4.72. The number of aromatic amines is 1. The van der Waals surface area contributed by atoms with Gasteiger partial charge in [0.05, 0.1) is 29.5 Å². The molecule has 2 aliphatic rings. The summed E-state index contributed by atoms with van der Waals surface area (Å²) < 4.78 is 5.28. The molecule has 1 aromatic heterocycles. The lowest BCUT2D eigenvalue weighted by atomic mass is 10.1. The van der Waals surface area contributed by atoms with Gasteiger partial charge in [-0.25, -0.2) is 4.98 Å². The zero-order chi connectivity index (χ0) is 18.8. The Hall–Kier alpha value is -3.19. The van der Waals surface area contributed by atoms with Gasteiger partial charge >= 0.3 is 0 Å². The minimum Gasteiger partial charge on any atom is -0.507 e. The monoisotopic (exact) mass is 365 g/mol. The molecule has 2 aromatic rings. The van der Waals surface area contributed by atoms with E-state index >= 15 is 0 Å². The zero-order valence-corrected chi connectivity index (χ0v) is 14.6. The Labute approximate surface area is 155 Å². The van der Waals surface area contributed by atoms with Crippen molar-refractivity contribution in [1.29, 1.82) is 0 Å². The second kappa shape index (κ2) is 7.20. The van der Waals surface area contributed by atoms with Crippen LogP contribution in [0.2, 0.25) is 0 Å². The number of nitrogens with zero attached hydrogens (tertiary/aromatic N) is 2. The molecule has 0 unspecified atom stereocenters. The van der Waals surface area contributed by atoms with E-state index in [1.54, 1.807) is 23.1 Å². The molecule has 4 rings (SSSR count). The van der Waals surface area contributed by atoms with Crippen LogP contribution in [0.5, 0.6) is 0 Å². The van der Waals surface area contributed by atoms with Crippen molar-refractivity contribution in [2.24, 2.45) is 0 Å². The first-order valence-electron chi connectivity index (χ1n) is 8.80. The van der Waals surface area contributed by atoms with Crippen LogP contribution in [0.4, 0.5) is 0 Å². The van der Waals surface area contributed by atoms with Gasteiger partial charge in [-0.15, -0.1) is 0 Å². The van der Waals surface area contributed by atoms with Crippen LogP contribution in [0.3, 0.4) is 0 Å². The average molecular weight is 365 g/mol. The lowest BCUT2D eigenvalue weighted by Gasteiger charge is -2.26. The molecule has 138 valence electrons. The number of aromatic nitrogens is 2. The molecule has 1 aromatic carbocycles. The molecule has 7 nitrogen and oxygen atoms in total. The predicted molar refractivity (Wildman–Crippen MR) is 99.3 cm³/mol. The second-order valence-corrected chi connectivity index (χ2v) is 6.39. The van der Waals surface area contributed by atoms with Crippen LogP contribution in [0.25, 0.3) is 23.0 Å². The molecule has 0 saturated carbocycles. The van der Waals surface area contributed by atoms with Gasteiger partial charge in [0.1, 0.15) is 11.6 Å². The summed E-state index contributed by atoms with van der Waals surface area (Å²) in [6.07, 6.45) is 4.53. The molecule has 1 saturated heterocycles. The third-order valence-electron chi connectivity index (χ3n) is 4.72. The van der Waals surface area contributed by atoms with Crippen LogP contribution in [0, 0.1) is 0 Å². The smallest absolute Gasteiger partial charge is 0.254 e. The Morgan fingerprint density at radius 2 is 1.93 bits per heavy atom. The van der Waals surface area contributed by atoms with Gasteiger partial charge < -0.3 is 19.7 Å². The molecular weight excluding hydrogens is 346 g/mol. The molecule has 27 heavy (non-hydrogen) atoms. The summed E-state index contributed by atoms with van der Waals surface area (Å²) in [5, 5.41) is 11.1. The molecule has 0 atom stereocenters. The van der Waals surface area contributed by atoms with Crippen LogP contribution in [-0.2, 0) is 9.53 Å². The Bertz CT molecular complexity index is 1030. The second-order valence-electron chi connectivity index (χ2n) is 6.39. The molecule has 0 radical (unpaired) electrons. The number of nitrogens with one attached hydrogen (secondary N) is 1. The number of hydrogen-bond acceptors (Lipinski definition) is 5. The molecule has 0 spiro atoms. The van der Waals surface area contributed by atoms with Crippen molar-refractivity contribution in [3.05, 3.63) is 52.4 Å². The highest BCUT2D eigenvalue weighted by Gasteiger charge is 2.18. The predicted octanol–water partition coefficient (Wildman–Crippen LogP) is 0.525. The lowest BCUT2D eigenvalue weighted by Crippen LogP contribution is -2.40. The van der Waals surface area contributed by atoms with Crippen molar-refractivity contribution in [3.63, 3.8) is 0 Å². The summed E-state index contributed by atoms with van der Waals surface area (Å²) >= 11 is 0. The van der Waals surface area contributed by atoms with Crippen LogP contribution in [0.15, 0.2) is 36.1 Å². The highest BCUT2D eigenvalue weighted by atomic mass is 16.5. The Morgan fingerprint density at radius 1 is 1.19 bits per heavy atom.